The molecule has 0 aliphatic carbocycles. The molecule has 3 heteroatoms. The first-order chi connectivity index (χ1) is 37.2. The Labute approximate surface area is 433 Å². The summed E-state index contributed by atoms with van der Waals surface area (Å²) in [7, 11) is 0. The van der Waals surface area contributed by atoms with Gasteiger partial charge in [-0.3, -0.25) is 0 Å². The van der Waals surface area contributed by atoms with Gasteiger partial charge in [0.05, 0.1) is 38.6 Å². The molecule has 0 unspecified atom stereocenters. The van der Waals surface area contributed by atoms with Gasteiger partial charge in [-0.2, -0.15) is 0 Å². The predicted molar refractivity (Wildman–Crippen MR) is 317 cm³/mol. The highest BCUT2D eigenvalue weighted by atomic mass is 15.0. The van der Waals surface area contributed by atoms with Crippen molar-refractivity contribution in [3.05, 3.63) is 273 Å². The van der Waals surface area contributed by atoms with Crippen LogP contribution in [-0.2, 0) is 0 Å². The summed E-state index contributed by atoms with van der Waals surface area (Å²) in [6.45, 7) is 0. The third-order valence-corrected chi connectivity index (χ3v) is 15.9. The Bertz CT molecular complexity index is 4780. The number of para-hydroxylation sites is 3. The molecule has 0 radical (unpaired) electrons. The summed E-state index contributed by atoms with van der Waals surface area (Å²) in [5, 5.41) is 10.0. The summed E-state index contributed by atoms with van der Waals surface area (Å²) in [6.07, 6.45) is 0. The van der Waals surface area contributed by atoms with Gasteiger partial charge in [0.15, 0.2) is 0 Å². The zero-order valence-electron chi connectivity index (χ0n) is 40.8. The molecule has 16 aromatic rings. The third-order valence-electron chi connectivity index (χ3n) is 15.9. The molecule has 0 aliphatic rings. The van der Waals surface area contributed by atoms with E-state index in [1.807, 2.05) is 0 Å². The van der Waals surface area contributed by atoms with Gasteiger partial charge in [0.1, 0.15) is 0 Å². The van der Waals surface area contributed by atoms with Gasteiger partial charge in [0.2, 0.25) is 0 Å². The highest BCUT2D eigenvalue weighted by molar-refractivity contribution is 6.24. The molecule has 4 heterocycles. The summed E-state index contributed by atoms with van der Waals surface area (Å²) in [5.41, 5.74) is 22.7. The SMILES string of the molecule is c1ccc(-c2cc(-c3ccccc3)cc(-c3cccc(-n4c5ccc(-c6ccccc6)cc5c5cc(-c6ccc7c(c6)c6ccccc6n7-c6cc7c8ccccc8n8c9ccccc9c(c6)c78)ccc54)c3)c2)cc1. The number of benzene rings is 12. The van der Waals surface area contributed by atoms with E-state index in [2.05, 4.69) is 287 Å². The number of hydrogen-bond acceptors (Lipinski definition) is 0. The highest BCUT2D eigenvalue weighted by Gasteiger charge is 2.22. The van der Waals surface area contributed by atoms with Crippen LogP contribution in [0.2, 0.25) is 0 Å². The molecule has 0 N–H and O–H groups in total. The Morgan fingerprint density at radius 1 is 0.173 bits per heavy atom. The van der Waals surface area contributed by atoms with Crippen LogP contribution in [0, 0.1) is 0 Å². The van der Waals surface area contributed by atoms with Crippen molar-refractivity contribution in [1.82, 2.24) is 13.5 Å². The Balaban J connectivity index is 0.867. The summed E-state index contributed by atoms with van der Waals surface area (Å²) >= 11 is 0. The third kappa shape index (κ3) is 6.41. The second-order valence-electron chi connectivity index (χ2n) is 20.1. The van der Waals surface area contributed by atoms with Gasteiger partial charge < -0.3 is 13.5 Å². The van der Waals surface area contributed by atoms with Crippen LogP contribution in [0.3, 0.4) is 0 Å². The molecule has 0 bridgehead atoms. The predicted octanol–water partition coefficient (Wildman–Crippen LogP) is 19.4. The van der Waals surface area contributed by atoms with Crippen molar-refractivity contribution >= 4 is 81.7 Å². The lowest BCUT2D eigenvalue weighted by Gasteiger charge is -2.14. The normalized spacial score (nSPS) is 12.0. The molecule has 0 saturated carbocycles. The van der Waals surface area contributed by atoms with Crippen molar-refractivity contribution < 1.29 is 0 Å². The van der Waals surface area contributed by atoms with Crippen LogP contribution in [-0.4, -0.2) is 13.5 Å². The lowest BCUT2D eigenvalue weighted by atomic mass is 9.93. The van der Waals surface area contributed by atoms with Crippen LogP contribution in [0.1, 0.15) is 0 Å². The highest BCUT2D eigenvalue weighted by Crippen LogP contribution is 2.44. The Kier molecular flexibility index (Phi) is 9.04. The van der Waals surface area contributed by atoms with Gasteiger partial charge in [-0.05, 0) is 153 Å². The first kappa shape index (κ1) is 41.6. The van der Waals surface area contributed by atoms with E-state index in [0.29, 0.717) is 0 Å². The number of nitrogens with zero attached hydrogens (tertiary/aromatic N) is 3. The first-order valence-electron chi connectivity index (χ1n) is 25.9. The lowest BCUT2D eigenvalue weighted by Crippen LogP contribution is -1.95. The van der Waals surface area contributed by atoms with Crippen LogP contribution in [0.25, 0.3) is 149 Å². The van der Waals surface area contributed by atoms with E-state index >= 15 is 0 Å². The molecule has 3 nitrogen and oxygen atoms in total. The summed E-state index contributed by atoms with van der Waals surface area (Å²) in [6, 6.07) is 101. The van der Waals surface area contributed by atoms with Gasteiger partial charge >= 0.3 is 0 Å². The fourth-order valence-corrected chi connectivity index (χ4v) is 12.5. The molecule has 0 atom stereocenters. The van der Waals surface area contributed by atoms with Crippen LogP contribution in [0.5, 0.6) is 0 Å². The summed E-state index contributed by atoms with van der Waals surface area (Å²) < 4.78 is 7.40. The van der Waals surface area contributed by atoms with E-state index < -0.39 is 0 Å². The molecular weight excluding hydrogens is 907 g/mol. The molecule has 0 fully saturated rings. The molecule has 0 amide bonds. The van der Waals surface area contributed by atoms with E-state index in [0.717, 1.165) is 5.69 Å². The quantitative estimate of drug-likeness (QED) is 0.151. The fourth-order valence-electron chi connectivity index (χ4n) is 12.5. The average molecular weight is 952 g/mol. The maximum absolute atomic E-state index is 2.48. The summed E-state index contributed by atoms with van der Waals surface area (Å²) in [5.74, 6) is 0. The number of aromatic nitrogens is 3. The van der Waals surface area contributed by atoms with Gasteiger partial charge in [0, 0.05) is 54.5 Å². The largest absolute Gasteiger partial charge is 0.309 e. The van der Waals surface area contributed by atoms with Gasteiger partial charge in [0.25, 0.3) is 0 Å². The topological polar surface area (TPSA) is 14.3 Å². The van der Waals surface area contributed by atoms with Gasteiger partial charge in [-0.15, -0.1) is 0 Å². The van der Waals surface area contributed by atoms with E-state index in [1.54, 1.807) is 0 Å². The van der Waals surface area contributed by atoms with Crippen LogP contribution in [0.15, 0.2) is 273 Å². The zero-order chi connectivity index (χ0) is 49.1. The maximum atomic E-state index is 2.48. The molecule has 348 valence electrons. The van der Waals surface area contributed by atoms with Crippen molar-refractivity contribution in [1.29, 1.82) is 0 Å². The van der Waals surface area contributed by atoms with Gasteiger partial charge in [-0.1, -0.05) is 176 Å². The molecule has 16 rings (SSSR count). The molecular formula is C72H45N3. The van der Waals surface area contributed by atoms with Crippen molar-refractivity contribution in [3.63, 3.8) is 0 Å². The van der Waals surface area contributed by atoms with Gasteiger partial charge in [-0.25, -0.2) is 0 Å². The lowest BCUT2D eigenvalue weighted by molar-refractivity contribution is 1.18. The monoisotopic (exact) mass is 951 g/mol. The smallest absolute Gasteiger partial charge is 0.0622 e. The first-order valence-corrected chi connectivity index (χ1v) is 25.9. The zero-order valence-corrected chi connectivity index (χ0v) is 40.8. The Morgan fingerprint density at radius 2 is 0.520 bits per heavy atom. The standard InChI is InChI=1S/C72H45N3/c1-4-17-46(18-5-1)50-31-34-70-62(41-50)63-43-52(33-36-71(63)73(70)56-24-16-23-49(40-56)55-38-53(47-19-6-2-7-20-47)37-54(39-55)48-21-8-3-9-22-48)51-32-35-69-61(42-51)58-25-10-13-28-66(58)74(69)57-44-64-59-26-11-14-29-67(59)75-68-30-15-12-27-60(68)65(45-57)72(64)75/h1-45H. The molecule has 0 spiro atoms. The second kappa shape index (κ2) is 16.3. The second-order valence-corrected chi connectivity index (χ2v) is 20.1. The fraction of sp³-hybridized carbons (Fsp3) is 0. The van der Waals surface area contributed by atoms with Crippen LogP contribution < -0.4 is 0 Å². The van der Waals surface area contributed by atoms with E-state index in [1.165, 1.54) is 143 Å². The van der Waals surface area contributed by atoms with Crippen molar-refractivity contribution in [2.24, 2.45) is 0 Å². The Morgan fingerprint density at radius 3 is 1.03 bits per heavy atom. The number of hydrogen-bond donors (Lipinski definition) is 0. The van der Waals surface area contributed by atoms with Crippen molar-refractivity contribution in [2.45, 2.75) is 0 Å². The number of fused-ring (bicyclic) bond motifs is 12. The van der Waals surface area contributed by atoms with Crippen LogP contribution >= 0.6 is 0 Å². The molecule has 4 aromatic heterocycles. The van der Waals surface area contributed by atoms with E-state index in [4.69, 9.17) is 0 Å². The Hall–Kier alpha value is -9.96. The minimum absolute atomic E-state index is 1.12. The van der Waals surface area contributed by atoms with Crippen LogP contribution in [0.4, 0.5) is 0 Å². The minimum atomic E-state index is 1.12. The molecule has 12 aromatic carbocycles. The molecule has 0 aliphatic heterocycles. The molecule has 0 saturated heterocycles. The van der Waals surface area contributed by atoms with Crippen molar-refractivity contribution in [3.8, 4) is 67.0 Å². The summed E-state index contributed by atoms with van der Waals surface area (Å²) in [4.78, 5) is 0. The number of rotatable bonds is 7. The molecule has 75 heavy (non-hydrogen) atoms. The average Bonchev–Trinajstić information content (AvgIpc) is 4.31. The van der Waals surface area contributed by atoms with E-state index in [-0.39, 0.29) is 0 Å². The van der Waals surface area contributed by atoms with Crippen molar-refractivity contribution in [2.75, 3.05) is 0 Å². The minimum Gasteiger partial charge on any atom is -0.309 e. The van der Waals surface area contributed by atoms with E-state index in [9.17, 15) is 0 Å². The maximum Gasteiger partial charge on any atom is 0.0622 e.